The molecular formula is C11H18O. The van der Waals surface area contributed by atoms with Crippen LogP contribution in [0.5, 0.6) is 0 Å². The monoisotopic (exact) mass is 166 g/mol. The van der Waals surface area contributed by atoms with Crippen LogP contribution >= 0.6 is 0 Å². The van der Waals surface area contributed by atoms with Gasteiger partial charge in [-0.25, -0.2) is 0 Å². The quantitative estimate of drug-likeness (QED) is 0.547. The minimum atomic E-state index is -0.0774. The van der Waals surface area contributed by atoms with Gasteiger partial charge in [-0.15, -0.1) is 0 Å². The minimum Gasteiger partial charge on any atom is -0.299 e. The summed E-state index contributed by atoms with van der Waals surface area (Å²) in [6, 6.07) is 0. The summed E-state index contributed by atoms with van der Waals surface area (Å²) in [5.41, 5.74) is 1.09. The van der Waals surface area contributed by atoms with Crippen molar-refractivity contribution >= 4 is 5.78 Å². The number of ketones is 1. The summed E-state index contributed by atoms with van der Waals surface area (Å²) in [4.78, 5) is 11.6. The highest BCUT2D eigenvalue weighted by atomic mass is 16.1. The molecule has 0 aliphatic heterocycles. The Bertz CT molecular complexity index is 213. The predicted molar refractivity (Wildman–Crippen MR) is 50.9 cm³/mol. The zero-order valence-electron chi connectivity index (χ0n) is 8.31. The number of allylic oxidation sites excluding steroid dienone is 1. The zero-order chi connectivity index (χ0) is 9.35. The van der Waals surface area contributed by atoms with E-state index in [1.165, 1.54) is 5.57 Å². The molecule has 0 aromatic carbocycles. The van der Waals surface area contributed by atoms with Gasteiger partial charge in [-0.05, 0) is 25.7 Å². The maximum Gasteiger partial charge on any atom is 0.139 e. The van der Waals surface area contributed by atoms with E-state index in [1.807, 2.05) is 20.8 Å². The summed E-state index contributed by atoms with van der Waals surface area (Å²) in [7, 11) is 0. The Kier molecular flexibility index (Phi) is 2.41. The molecule has 0 aromatic heterocycles. The third kappa shape index (κ3) is 1.77. The van der Waals surface area contributed by atoms with Gasteiger partial charge < -0.3 is 0 Å². The van der Waals surface area contributed by atoms with Crippen molar-refractivity contribution in [3.05, 3.63) is 12.2 Å². The van der Waals surface area contributed by atoms with E-state index in [9.17, 15) is 4.79 Å². The molecule has 1 aliphatic carbocycles. The summed E-state index contributed by atoms with van der Waals surface area (Å²) in [5.74, 6) is 0.854. The first-order valence-corrected chi connectivity index (χ1v) is 4.62. The van der Waals surface area contributed by atoms with E-state index in [0.717, 1.165) is 12.8 Å². The fourth-order valence-corrected chi connectivity index (χ4v) is 1.70. The molecule has 1 rings (SSSR count). The van der Waals surface area contributed by atoms with Gasteiger partial charge in [0.1, 0.15) is 5.78 Å². The van der Waals surface area contributed by atoms with E-state index in [4.69, 9.17) is 0 Å². The molecule has 0 unspecified atom stereocenters. The van der Waals surface area contributed by atoms with Crippen molar-refractivity contribution in [1.29, 1.82) is 0 Å². The predicted octanol–water partition coefficient (Wildman–Crippen LogP) is 2.96. The smallest absolute Gasteiger partial charge is 0.139 e. The lowest BCUT2D eigenvalue weighted by Crippen LogP contribution is -2.32. The highest BCUT2D eigenvalue weighted by Crippen LogP contribution is 2.37. The van der Waals surface area contributed by atoms with Crippen molar-refractivity contribution in [2.75, 3.05) is 0 Å². The Morgan fingerprint density at radius 2 is 2.17 bits per heavy atom. The van der Waals surface area contributed by atoms with Crippen molar-refractivity contribution in [3.8, 4) is 0 Å². The molecule has 0 bridgehead atoms. The van der Waals surface area contributed by atoms with Gasteiger partial charge in [-0.2, -0.15) is 0 Å². The molecule has 1 heteroatoms. The number of carbonyl (C=O) groups is 1. The molecule has 0 spiro atoms. The summed E-state index contributed by atoms with van der Waals surface area (Å²) in [5, 5.41) is 0. The highest BCUT2D eigenvalue weighted by molar-refractivity contribution is 5.85. The molecule has 12 heavy (non-hydrogen) atoms. The summed E-state index contributed by atoms with van der Waals surface area (Å²) in [6.45, 7) is 10.0. The number of carbonyl (C=O) groups excluding carboxylic acids is 1. The van der Waals surface area contributed by atoms with E-state index >= 15 is 0 Å². The Hall–Kier alpha value is -0.590. The lowest BCUT2D eigenvalue weighted by Gasteiger charge is -2.33. The van der Waals surface area contributed by atoms with Gasteiger partial charge in [0.25, 0.3) is 0 Å². The summed E-state index contributed by atoms with van der Waals surface area (Å²) in [6.07, 6.45) is 2.86. The first kappa shape index (κ1) is 9.50. The maximum atomic E-state index is 11.6. The van der Waals surface area contributed by atoms with E-state index in [2.05, 4.69) is 6.58 Å². The lowest BCUT2D eigenvalue weighted by atomic mass is 9.70. The van der Waals surface area contributed by atoms with E-state index in [1.54, 1.807) is 0 Å². The summed E-state index contributed by atoms with van der Waals surface area (Å²) >= 11 is 0. The van der Waals surface area contributed by atoms with Crippen LogP contribution in [0.1, 0.15) is 40.0 Å². The van der Waals surface area contributed by atoms with Crippen LogP contribution in [0.2, 0.25) is 0 Å². The van der Waals surface area contributed by atoms with Gasteiger partial charge in [0.05, 0.1) is 0 Å². The Balaban J connectivity index is 2.64. The normalized spacial score (nSPS) is 28.6. The van der Waals surface area contributed by atoms with Gasteiger partial charge >= 0.3 is 0 Å². The van der Waals surface area contributed by atoms with Gasteiger partial charge in [-0.3, -0.25) is 4.79 Å². The standard InChI is InChI=1S/C11H18O/c1-8(2)9-5-6-11(3,4)10(12)7-9/h9H,1,5-7H2,2-4H3/t9-/m0/s1. The number of Topliss-reactive ketones (excluding diaryl/α,β-unsaturated/α-hetero) is 1. The molecule has 1 fully saturated rings. The Morgan fingerprint density at radius 1 is 1.58 bits per heavy atom. The number of hydrogen-bond acceptors (Lipinski definition) is 1. The van der Waals surface area contributed by atoms with Crippen LogP contribution in [0.4, 0.5) is 0 Å². The van der Waals surface area contributed by atoms with Crippen LogP contribution in [0.3, 0.4) is 0 Å². The first-order chi connectivity index (χ1) is 5.43. The van der Waals surface area contributed by atoms with E-state index in [-0.39, 0.29) is 5.41 Å². The van der Waals surface area contributed by atoms with Gasteiger partial charge in [0.15, 0.2) is 0 Å². The molecule has 0 heterocycles. The minimum absolute atomic E-state index is 0.0774. The average molecular weight is 166 g/mol. The fraction of sp³-hybridized carbons (Fsp3) is 0.727. The molecule has 1 saturated carbocycles. The Labute approximate surface area is 74.9 Å². The second kappa shape index (κ2) is 3.04. The second-order valence-electron chi connectivity index (χ2n) is 4.59. The number of rotatable bonds is 1. The highest BCUT2D eigenvalue weighted by Gasteiger charge is 2.34. The average Bonchev–Trinajstić information content (AvgIpc) is 1.94. The Morgan fingerprint density at radius 3 is 2.58 bits per heavy atom. The first-order valence-electron chi connectivity index (χ1n) is 4.62. The van der Waals surface area contributed by atoms with Crippen LogP contribution in [0.25, 0.3) is 0 Å². The van der Waals surface area contributed by atoms with Crippen LogP contribution in [-0.4, -0.2) is 5.78 Å². The van der Waals surface area contributed by atoms with Gasteiger partial charge in [0, 0.05) is 11.8 Å². The zero-order valence-corrected chi connectivity index (χ0v) is 8.31. The lowest BCUT2D eigenvalue weighted by molar-refractivity contribution is -0.130. The van der Waals surface area contributed by atoms with Crippen molar-refractivity contribution in [1.82, 2.24) is 0 Å². The third-order valence-corrected chi connectivity index (χ3v) is 3.00. The molecule has 1 nitrogen and oxygen atoms in total. The van der Waals surface area contributed by atoms with Crippen molar-refractivity contribution < 1.29 is 4.79 Å². The molecular weight excluding hydrogens is 148 g/mol. The molecule has 0 N–H and O–H groups in total. The van der Waals surface area contributed by atoms with E-state index < -0.39 is 0 Å². The molecule has 0 amide bonds. The van der Waals surface area contributed by atoms with Crippen molar-refractivity contribution in [2.24, 2.45) is 11.3 Å². The molecule has 0 radical (unpaired) electrons. The molecule has 0 saturated heterocycles. The van der Waals surface area contributed by atoms with Gasteiger partial charge in [0.2, 0.25) is 0 Å². The number of hydrogen-bond donors (Lipinski definition) is 0. The molecule has 1 atom stereocenters. The van der Waals surface area contributed by atoms with Crippen molar-refractivity contribution in [2.45, 2.75) is 40.0 Å². The molecule has 68 valence electrons. The fourth-order valence-electron chi connectivity index (χ4n) is 1.70. The van der Waals surface area contributed by atoms with Crippen LogP contribution in [0.15, 0.2) is 12.2 Å². The second-order valence-corrected chi connectivity index (χ2v) is 4.59. The van der Waals surface area contributed by atoms with Crippen molar-refractivity contribution in [3.63, 3.8) is 0 Å². The molecule has 1 aliphatic rings. The maximum absolute atomic E-state index is 11.6. The topological polar surface area (TPSA) is 17.1 Å². The van der Waals surface area contributed by atoms with Gasteiger partial charge in [-0.1, -0.05) is 26.0 Å². The SMILES string of the molecule is C=C(C)[C@H]1CCC(C)(C)C(=O)C1. The summed E-state index contributed by atoms with van der Waals surface area (Å²) < 4.78 is 0. The van der Waals surface area contributed by atoms with Crippen LogP contribution in [-0.2, 0) is 4.79 Å². The van der Waals surface area contributed by atoms with Crippen LogP contribution < -0.4 is 0 Å². The van der Waals surface area contributed by atoms with E-state index in [0.29, 0.717) is 18.1 Å². The molecule has 0 aromatic rings. The largest absolute Gasteiger partial charge is 0.299 e. The third-order valence-electron chi connectivity index (χ3n) is 3.00. The van der Waals surface area contributed by atoms with Crippen LogP contribution in [0, 0.1) is 11.3 Å².